The summed E-state index contributed by atoms with van der Waals surface area (Å²) in [7, 11) is 0. The van der Waals surface area contributed by atoms with Gasteiger partial charge in [-0.05, 0) is 23.3 Å². The number of ether oxygens (including phenoxy) is 2. The van der Waals surface area contributed by atoms with Crippen LogP contribution in [0.5, 0.6) is 0 Å². The minimum absolute atomic E-state index is 0.0187. The number of carbonyl (C=O) groups is 1. The van der Waals surface area contributed by atoms with E-state index in [1.54, 1.807) is 4.90 Å². The van der Waals surface area contributed by atoms with Crippen molar-refractivity contribution in [3.05, 3.63) is 34.9 Å². The molecule has 0 radical (unpaired) electrons. The molecule has 2 aliphatic heterocycles. The van der Waals surface area contributed by atoms with Gasteiger partial charge in [0, 0.05) is 12.1 Å². The van der Waals surface area contributed by atoms with Crippen LogP contribution in [0.1, 0.15) is 21.5 Å². The van der Waals surface area contributed by atoms with Gasteiger partial charge in [-0.1, -0.05) is 11.2 Å². The Morgan fingerprint density at radius 3 is 3.00 bits per heavy atom. The Hall–Kier alpha value is -2.12. The van der Waals surface area contributed by atoms with E-state index in [4.69, 9.17) is 20.4 Å². The third-order valence-corrected chi connectivity index (χ3v) is 3.77. The second-order valence-electron chi connectivity index (χ2n) is 5.11. The number of hydrogen-bond donors (Lipinski definition) is 2. The van der Waals surface area contributed by atoms with E-state index in [2.05, 4.69) is 5.16 Å². The highest BCUT2D eigenvalue weighted by molar-refractivity contribution is 5.95. The average Bonchev–Trinajstić information content (AvgIpc) is 3.01. The van der Waals surface area contributed by atoms with Crippen LogP contribution in [0.25, 0.3) is 0 Å². The zero-order chi connectivity index (χ0) is 14.8. The minimum atomic E-state index is -0.564. The standard InChI is InChI=1S/C14H17N3O4/c15-13(16-19)12-6-17(3-4-21-12)14(18)9-1-2-10-7-20-8-11(10)5-9/h1-2,5,12,19H,3-4,6-8H2,(H2,15,16). The van der Waals surface area contributed by atoms with Crippen LogP contribution >= 0.6 is 0 Å². The van der Waals surface area contributed by atoms with Crippen molar-refractivity contribution in [1.29, 1.82) is 0 Å². The fourth-order valence-corrected chi connectivity index (χ4v) is 2.56. The van der Waals surface area contributed by atoms with E-state index >= 15 is 0 Å². The van der Waals surface area contributed by atoms with Crippen LogP contribution in [-0.4, -0.2) is 47.7 Å². The third-order valence-electron chi connectivity index (χ3n) is 3.77. The fraction of sp³-hybridized carbons (Fsp3) is 0.429. The molecule has 0 aliphatic carbocycles. The van der Waals surface area contributed by atoms with Gasteiger partial charge in [0.25, 0.3) is 5.91 Å². The highest BCUT2D eigenvalue weighted by Gasteiger charge is 2.28. The maximum Gasteiger partial charge on any atom is 0.254 e. The third kappa shape index (κ3) is 2.70. The summed E-state index contributed by atoms with van der Waals surface area (Å²) >= 11 is 0. The predicted octanol–water partition coefficient (Wildman–Crippen LogP) is 0.304. The van der Waals surface area contributed by atoms with E-state index in [0.717, 1.165) is 11.1 Å². The highest BCUT2D eigenvalue weighted by Crippen LogP contribution is 2.22. The van der Waals surface area contributed by atoms with Crippen molar-refractivity contribution < 1.29 is 19.5 Å². The lowest BCUT2D eigenvalue weighted by Gasteiger charge is -2.32. The molecule has 1 aromatic carbocycles. The van der Waals surface area contributed by atoms with Crippen molar-refractivity contribution in [2.45, 2.75) is 19.3 Å². The zero-order valence-electron chi connectivity index (χ0n) is 11.5. The van der Waals surface area contributed by atoms with Gasteiger partial charge in [-0.25, -0.2) is 0 Å². The largest absolute Gasteiger partial charge is 0.409 e. The summed E-state index contributed by atoms with van der Waals surface area (Å²) in [6, 6.07) is 5.61. The number of carbonyl (C=O) groups excluding carboxylic acids is 1. The maximum absolute atomic E-state index is 12.5. The second kappa shape index (κ2) is 5.71. The summed E-state index contributed by atoms with van der Waals surface area (Å²) in [5.74, 6) is -0.0985. The lowest BCUT2D eigenvalue weighted by atomic mass is 10.1. The number of oxime groups is 1. The molecule has 2 aliphatic rings. The van der Waals surface area contributed by atoms with E-state index in [1.807, 2.05) is 18.2 Å². The summed E-state index contributed by atoms with van der Waals surface area (Å²) in [4.78, 5) is 14.2. The number of rotatable bonds is 2. The molecule has 1 saturated heterocycles. The smallest absolute Gasteiger partial charge is 0.254 e. The van der Waals surface area contributed by atoms with Gasteiger partial charge in [0.1, 0.15) is 6.10 Å². The first-order valence-corrected chi connectivity index (χ1v) is 6.77. The topological polar surface area (TPSA) is 97.4 Å². The molecule has 2 heterocycles. The van der Waals surface area contributed by atoms with Crippen molar-refractivity contribution in [3.63, 3.8) is 0 Å². The first-order valence-electron chi connectivity index (χ1n) is 6.77. The van der Waals surface area contributed by atoms with E-state index in [1.165, 1.54) is 0 Å². The lowest BCUT2D eigenvalue weighted by molar-refractivity contribution is 0.00675. The number of morpholine rings is 1. The van der Waals surface area contributed by atoms with Gasteiger partial charge in [0.05, 0.1) is 26.4 Å². The van der Waals surface area contributed by atoms with Crippen LogP contribution in [0.15, 0.2) is 23.4 Å². The molecular weight excluding hydrogens is 274 g/mol. The molecule has 7 nitrogen and oxygen atoms in total. The molecular formula is C14H17N3O4. The summed E-state index contributed by atoms with van der Waals surface area (Å²) in [6.45, 7) is 2.28. The van der Waals surface area contributed by atoms with Gasteiger partial charge in [-0.2, -0.15) is 0 Å². The summed E-state index contributed by atoms with van der Waals surface area (Å²) in [5, 5.41) is 11.6. The quantitative estimate of drug-likeness (QED) is 0.353. The van der Waals surface area contributed by atoms with Gasteiger partial charge >= 0.3 is 0 Å². The molecule has 0 spiro atoms. The molecule has 0 aromatic heterocycles. The van der Waals surface area contributed by atoms with Crippen molar-refractivity contribution >= 4 is 11.7 Å². The molecule has 21 heavy (non-hydrogen) atoms. The zero-order valence-corrected chi connectivity index (χ0v) is 11.5. The van der Waals surface area contributed by atoms with Crippen LogP contribution in [0.2, 0.25) is 0 Å². The van der Waals surface area contributed by atoms with Gasteiger partial charge in [-0.3, -0.25) is 4.79 Å². The van der Waals surface area contributed by atoms with Crippen LogP contribution in [0.4, 0.5) is 0 Å². The SMILES string of the molecule is NC(=NO)C1CN(C(=O)c2ccc3c(c2)COC3)CCO1. The first kappa shape index (κ1) is 13.8. The lowest BCUT2D eigenvalue weighted by Crippen LogP contribution is -2.50. The van der Waals surface area contributed by atoms with Crippen molar-refractivity contribution in [1.82, 2.24) is 4.90 Å². The molecule has 1 unspecified atom stereocenters. The van der Waals surface area contributed by atoms with Crippen LogP contribution in [0.3, 0.4) is 0 Å². The van der Waals surface area contributed by atoms with E-state index in [0.29, 0.717) is 31.9 Å². The normalized spacial score (nSPS) is 22.2. The van der Waals surface area contributed by atoms with Crippen LogP contribution in [-0.2, 0) is 22.7 Å². The van der Waals surface area contributed by atoms with Gasteiger partial charge in [0.15, 0.2) is 5.84 Å². The molecule has 0 saturated carbocycles. The van der Waals surface area contributed by atoms with Crippen LogP contribution in [0, 0.1) is 0 Å². The Bertz CT molecular complexity index is 588. The molecule has 1 atom stereocenters. The van der Waals surface area contributed by atoms with Gasteiger partial charge in [0.2, 0.25) is 0 Å². The van der Waals surface area contributed by atoms with Crippen molar-refractivity contribution in [2.75, 3.05) is 19.7 Å². The Morgan fingerprint density at radius 2 is 2.19 bits per heavy atom. The molecule has 112 valence electrons. The van der Waals surface area contributed by atoms with Crippen molar-refractivity contribution in [3.8, 4) is 0 Å². The predicted molar refractivity (Wildman–Crippen MR) is 74.0 cm³/mol. The van der Waals surface area contributed by atoms with Gasteiger partial charge in [-0.15, -0.1) is 0 Å². The molecule has 7 heteroatoms. The summed E-state index contributed by atoms with van der Waals surface area (Å²) in [5.41, 5.74) is 8.35. The van der Waals surface area contributed by atoms with Crippen molar-refractivity contribution in [2.24, 2.45) is 10.9 Å². The maximum atomic E-state index is 12.5. The number of amidine groups is 1. The molecule has 1 amide bonds. The number of nitrogens with zero attached hydrogens (tertiary/aromatic N) is 2. The fourth-order valence-electron chi connectivity index (χ4n) is 2.56. The minimum Gasteiger partial charge on any atom is -0.409 e. The second-order valence-corrected chi connectivity index (χ2v) is 5.11. The molecule has 1 aromatic rings. The van der Waals surface area contributed by atoms with Crippen LogP contribution < -0.4 is 5.73 Å². The molecule has 1 fully saturated rings. The number of amides is 1. The summed E-state index contributed by atoms with van der Waals surface area (Å²) in [6.07, 6.45) is -0.564. The van der Waals surface area contributed by atoms with E-state index < -0.39 is 6.10 Å². The highest BCUT2D eigenvalue weighted by atomic mass is 16.5. The number of nitrogens with two attached hydrogens (primary N) is 1. The Balaban J connectivity index is 1.75. The Kier molecular flexibility index (Phi) is 3.76. The monoisotopic (exact) mass is 291 g/mol. The Labute approximate surface area is 121 Å². The number of benzene rings is 1. The summed E-state index contributed by atoms with van der Waals surface area (Å²) < 4.78 is 10.7. The van der Waals surface area contributed by atoms with E-state index in [-0.39, 0.29) is 18.3 Å². The molecule has 3 rings (SSSR count). The molecule has 0 bridgehead atoms. The van der Waals surface area contributed by atoms with E-state index in [9.17, 15) is 4.79 Å². The number of fused-ring (bicyclic) bond motifs is 1. The number of hydrogen-bond acceptors (Lipinski definition) is 5. The average molecular weight is 291 g/mol. The Morgan fingerprint density at radius 1 is 1.38 bits per heavy atom. The molecule has 3 N–H and O–H groups in total. The van der Waals surface area contributed by atoms with Gasteiger partial charge < -0.3 is 25.3 Å². The first-order chi connectivity index (χ1) is 10.2.